The molecule has 3 amide bonds. The molecule has 36 heavy (non-hydrogen) atoms. The van der Waals surface area contributed by atoms with Crippen LogP contribution in [0.3, 0.4) is 0 Å². The van der Waals surface area contributed by atoms with Gasteiger partial charge < -0.3 is 21.1 Å². The van der Waals surface area contributed by atoms with Crippen molar-refractivity contribution in [3.63, 3.8) is 0 Å². The van der Waals surface area contributed by atoms with Crippen LogP contribution >= 0.6 is 0 Å². The fourth-order valence-corrected chi connectivity index (χ4v) is 5.68. The lowest BCUT2D eigenvalue weighted by Crippen LogP contribution is -2.53. The Labute approximate surface area is 216 Å². The van der Waals surface area contributed by atoms with Crippen LogP contribution in [-0.4, -0.2) is 48.1 Å². The topological polar surface area (TPSA) is 108 Å². The van der Waals surface area contributed by atoms with Gasteiger partial charge in [0.2, 0.25) is 17.7 Å². The molecule has 7 nitrogen and oxygen atoms in total. The maximum atomic E-state index is 13.5. The molecule has 0 aromatic heterocycles. The second-order valence-electron chi connectivity index (χ2n) is 11.3. The van der Waals surface area contributed by atoms with E-state index in [1.807, 2.05) is 30.3 Å². The highest BCUT2D eigenvalue weighted by Crippen LogP contribution is 2.38. The Morgan fingerprint density at radius 3 is 2.39 bits per heavy atom. The Morgan fingerprint density at radius 2 is 1.72 bits per heavy atom. The minimum Gasteiger partial charge on any atom is -0.394 e. The molecule has 2 aliphatic rings. The maximum absolute atomic E-state index is 13.5. The van der Waals surface area contributed by atoms with Crippen molar-refractivity contribution in [2.24, 2.45) is 17.3 Å². The van der Waals surface area contributed by atoms with E-state index in [2.05, 4.69) is 29.8 Å². The van der Waals surface area contributed by atoms with Gasteiger partial charge in [0.05, 0.1) is 18.1 Å². The van der Waals surface area contributed by atoms with Crippen molar-refractivity contribution >= 4 is 17.7 Å². The highest BCUT2D eigenvalue weighted by molar-refractivity contribution is 5.89. The highest BCUT2D eigenvalue weighted by Gasteiger charge is 2.43. The molecule has 0 aliphatic carbocycles. The first-order chi connectivity index (χ1) is 17.3. The van der Waals surface area contributed by atoms with E-state index in [-0.39, 0.29) is 30.2 Å². The molecule has 4 N–H and O–H groups in total. The lowest BCUT2D eigenvalue weighted by Gasteiger charge is -2.31. The number of nitrogens with one attached hydrogen (secondary N) is 3. The van der Waals surface area contributed by atoms with Crippen LogP contribution in [0.4, 0.5) is 0 Å². The summed E-state index contributed by atoms with van der Waals surface area (Å²) in [5.74, 6) is -0.125. The molecule has 0 saturated carbocycles. The zero-order chi connectivity index (χ0) is 26.0. The van der Waals surface area contributed by atoms with Gasteiger partial charge in [-0.2, -0.15) is 0 Å². The van der Waals surface area contributed by atoms with Crippen LogP contribution < -0.4 is 16.0 Å². The van der Waals surface area contributed by atoms with Crippen LogP contribution in [0.1, 0.15) is 83.6 Å². The predicted octanol–water partition coefficient (Wildman–Crippen LogP) is 3.49. The van der Waals surface area contributed by atoms with Gasteiger partial charge in [-0.3, -0.25) is 14.4 Å². The maximum Gasteiger partial charge on any atom is 0.242 e. The minimum atomic E-state index is -0.661. The average molecular weight is 500 g/mol. The summed E-state index contributed by atoms with van der Waals surface area (Å²) in [5, 5.41) is 19.1. The molecule has 2 heterocycles. The van der Waals surface area contributed by atoms with Gasteiger partial charge in [0.1, 0.15) is 6.04 Å². The lowest BCUT2D eigenvalue weighted by molar-refractivity contribution is -0.132. The van der Waals surface area contributed by atoms with Gasteiger partial charge in [-0.05, 0) is 56.4 Å². The number of rotatable bonds is 6. The number of benzene rings is 1. The monoisotopic (exact) mass is 499 g/mol. The fraction of sp³-hybridized carbons (Fsp3) is 0.690. The Kier molecular flexibility index (Phi) is 10.8. The smallest absolute Gasteiger partial charge is 0.242 e. The molecule has 2 aliphatic heterocycles. The van der Waals surface area contributed by atoms with Gasteiger partial charge in [-0.25, -0.2) is 0 Å². The molecule has 7 heteroatoms. The molecule has 2 fully saturated rings. The summed E-state index contributed by atoms with van der Waals surface area (Å²) in [5.41, 5.74) is 0.571. The summed E-state index contributed by atoms with van der Waals surface area (Å²) >= 11 is 0. The van der Waals surface area contributed by atoms with E-state index in [0.29, 0.717) is 31.7 Å². The van der Waals surface area contributed by atoms with Crippen LogP contribution in [0.5, 0.6) is 0 Å². The van der Waals surface area contributed by atoms with E-state index in [9.17, 15) is 19.5 Å². The van der Waals surface area contributed by atoms with E-state index in [1.54, 1.807) is 0 Å². The Hall–Kier alpha value is -2.41. The third-order valence-electron chi connectivity index (χ3n) is 7.89. The molecule has 0 radical (unpaired) electrons. The zero-order valence-corrected chi connectivity index (χ0v) is 22.1. The summed E-state index contributed by atoms with van der Waals surface area (Å²) in [6, 6.07) is 8.86. The van der Waals surface area contributed by atoms with Crippen LogP contribution in [-0.2, 0) is 20.8 Å². The number of hydrogen-bond acceptors (Lipinski definition) is 4. The summed E-state index contributed by atoms with van der Waals surface area (Å²) in [4.78, 5) is 39.7. The number of hydrogen-bond donors (Lipinski definition) is 4. The van der Waals surface area contributed by atoms with E-state index in [1.165, 1.54) is 0 Å². The van der Waals surface area contributed by atoms with Crippen molar-refractivity contribution in [3.05, 3.63) is 35.9 Å². The normalized spacial score (nSPS) is 28.8. The van der Waals surface area contributed by atoms with Gasteiger partial charge in [0.25, 0.3) is 0 Å². The molecule has 3 rings (SSSR count). The summed E-state index contributed by atoms with van der Waals surface area (Å²) in [7, 11) is 0. The van der Waals surface area contributed by atoms with Gasteiger partial charge in [-0.15, -0.1) is 0 Å². The van der Waals surface area contributed by atoms with Crippen molar-refractivity contribution in [2.75, 3.05) is 13.2 Å². The summed E-state index contributed by atoms with van der Waals surface area (Å²) in [6.07, 6.45) is 8.53. The van der Waals surface area contributed by atoms with Crippen molar-refractivity contribution in [2.45, 2.75) is 96.6 Å². The third kappa shape index (κ3) is 8.05. The number of carbonyl (C=O) groups is 3. The minimum absolute atomic E-state index is 0.0344. The second-order valence-corrected chi connectivity index (χ2v) is 11.3. The molecular formula is C29H45N3O4. The third-order valence-corrected chi connectivity index (χ3v) is 7.89. The van der Waals surface area contributed by atoms with Crippen LogP contribution in [0.25, 0.3) is 0 Å². The first kappa shape index (κ1) is 28.2. The first-order valence-electron chi connectivity index (χ1n) is 13.9. The number of aliphatic hydroxyl groups excluding tert-OH is 1. The van der Waals surface area contributed by atoms with E-state index in [0.717, 1.165) is 56.9 Å². The van der Waals surface area contributed by atoms with Crippen molar-refractivity contribution < 1.29 is 19.5 Å². The van der Waals surface area contributed by atoms with Crippen LogP contribution in [0.15, 0.2) is 30.3 Å². The van der Waals surface area contributed by atoms with E-state index >= 15 is 0 Å². The molecule has 1 aromatic rings. The molecule has 0 bridgehead atoms. The van der Waals surface area contributed by atoms with Gasteiger partial charge >= 0.3 is 0 Å². The van der Waals surface area contributed by atoms with Gasteiger partial charge in [0.15, 0.2) is 0 Å². The zero-order valence-electron chi connectivity index (χ0n) is 22.1. The molecule has 1 spiro atoms. The number of amides is 3. The Morgan fingerprint density at radius 1 is 0.972 bits per heavy atom. The van der Waals surface area contributed by atoms with Gasteiger partial charge in [-0.1, -0.05) is 69.9 Å². The molecule has 1 aromatic carbocycles. The van der Waals surface area contributed by atoms with E-state index in [4.69, 9.17) is 0 Å². The Bertz CT molecular complexity index is 859. The lowest BCUT2D eigenvalue weighted by atomic mass is 9.75. The van der Waals surface area contributed by atoms with Gasteiger partial charge in [0, 0.05) is 12.5 Å². The molecule has 4 atom stereocenters. The molecule has 2 unspecified atom stereocenters. The second kappa shape index (κ2) is 13.8. The average Bonchev–Trinajstić information content (AvgIpc) is 3.21. The summed E-state index contributed by atoms with van der Waals surface area (Å²) < 4.78 is 0. The number of aliphatic hydroxyl groups is 1. The fourth-order valence-electron chi connectivity index (χ4n) is 5.68. The quantitative estimate of drug-likeness (QED) is 0.481. The highest BCUT2D eigenvalue weighted by atomic mass is 16.3. The van der Waals surface area contributed by atoms with Crippen molar-refractivity contribution in [1.29, 1.82) is 0 Å². The largest absolute Gasteiger partial charge is 0.394 e. The first-order valence-corrected chi connectivity index (χ1v) is 13.9. The standard InChI is InChI=1S/C29H45N3O4/c1-21(2)13-14-25-27(35)31-24(20-33)19-29(16-17-30-28(29)36)15-9-4-3-8-12-23(26(34)32-25)18-22-10-6-5-7-11-22/h5-7,10-11,21,23-25,33H,3-4,8-9,12-20H2,1-2H3,(H,30,36)(H,31,35)(H,32,34)/t23?,24-,25-,29?/m0/s1. The van der Waals surface area contributed by atoms with Crippen LogP contribution in [0, 0.1) is 17.3 Å². The molecule has 2 saturated heterocycles. The predicted molar refractivity (Wildman–Crippen MR) is 141 cm³/mol. The summed E-state index contributed by atoms with van der Waals surface area (Å²) in [6.45, 7) is 4.61. The SMILES string of the molecule is CC(C)CC[C@@H]1NC(=O)C(Cc2ccccc2)CCCCCCC2(CCNC2=O)C[C@@H](CO)NC1=O. The molecular weight excluding hydrogens is 454 g/mol. The van der Waals surface area contributed by atoms with E-state index < -0.39 is 17.5 Å². The van der Waals surface area contributed by atoms with Crippen LogP contribution in [0.2, 0.25) is 0 Å². The molecule has 200 valence electrons. The Balaban J connectivity index is 1.82. The number of carbonyl (C=O) groups excluding carboxylic acids is 3. The van der Waals surface area contributed by atoms with Crippen molar-refractivity contribution in [1.82, 2.24) is 16.0 Å². The van der Waals surface area contributed by atoms with Crippen molar-refractivity contribution in [3.8, 4) is 0 Å².